The Bertz CT molecular complexity index is 642. The molecule has 126 valence electrons. The standard InChI is InChI=1S/C15H20N4O3.ClH/c1-18(4-5-19-6-8-21-9-7-19)15(20)11-12-2-3-13-14(10-12)17-22-16-13;/h2-3,10H,4-9,11H2,1H3;1H. The Hall–Kier alpha value is -1.70. The molecule has 1 aliphatic heterocycles. The maximum absolute atomic E-state index is 12.3. The Labute approximate surface area is 140 Å². The maximum Gasteiger partial charge on any atom is 0.226 e. The highest BCUT2D eigenvalue weighted by Gasteiger charge is 2.14. The first-order valence-corrected chi connectivity index (χ1v) is 7.47. The van der Waals surface area contributed by atoms with E-state index in [2.05, 4.69) is 19.8 Å². The van der Waals surface area contributed by atoms with Crippen molar-refractivity contribution in [2.45, 2.75) is 6.42 Å². The van der Waals surface area contributed by atoms with E-state index in [1.807, 2.05) is 25.2 Å². The summed E-state index contributed by atoms with van der Waals surface area (Å²) in [6.45, 7) is 5.06. The number of carbonyl (C=O) groups is 1. The molecule has 1 aromatic heterocycles. The van der Waals surface area contributed by atoms with E-state index in [-0.39, 0.29) is 18.3 Å². The van der Waals surface area contributed by atoms with Gasteiger partial charge in [-0.1, -0.05) is 6.07 Å². The van der Waals surface area contributed by atoms with Gasteiger partial charge < -0.3 is 9.64 Å². The maximum atomic E-state index is 12.3. The van der Waals surface area contributed by atoms with Gasteiger partial charge in [0.05, 0.1) is 19.6 Å². The zero-order valence-electron chi connectivity index (χ0n) is 13.1. The van der Waals surface area contributed by atoms with Gasteiger partial charge in [0.15, 0.2) is 0 Å². The number of hydrogen-bond acceptors (Lipinski definition) is 6. The molecule has 0 bridgehead atoms. The second-order valence-electron chi connectivity index (χ2n) is 5.53. The molecule has 1 saturated heterocycles. The molecule has 0 spiro atoms. The van der Waals surface area contributed by atoms with Crippen LogP contribution in [0.2, 0.25) is 0 Å². The summed E-state index contributed by atoms with van der Waals surface area (Å²) in [5.74, 6) is 0.101. The van der Waals surface area contributed by atoms with Gasteiger partial charge in [-0.05, 0) is 28.0 Å². The van der Waals surface area contributed by atoms with Crippen LogP contribution in [0.5, 0.6) is 0 Å². The first-order valence-electron chi connectivity index (χ1n) is 7.47. The van der Waals surface area contributed by atoms with E-state index < -0.39 is 0 Å². The summed E-state index contributed by atoms with van der Waals surface area (Å²) >= 11 is 0. The SMILES string of the molecule is CN(CCN1CCOCC1)C(=O)Cc1ccc2nonc2c1.Cl. The number of fused-ring (bicyclic) bond motifs is 1. The lowest BCUT2D eigenvalue weighted by Gasteiger charge is -2.28. The number of likely N-dealkylation sites (N-methyl/N-ethyl adjacent to an activating group) is 1. The summed E-state index contributed by atoms with van der Waals surface area (Å²) < 4.78 is 9.99. The van der Waals surface area contributed by atoms with Crippen LogP contribution in [-0.2, 0) is 16.0 Å². The molecule has 0 N–H and O–H groups in total. The minimum atomic E-state index is 0. The molecule has 0 unspecified atom stereocenters. The minimum absolute atomic E-state index is 0. The van der Waals surface area contributed by atoms with Crippen LogP contribution < -0.4 is 0 Å². The number of benzene rings is 1. The Balaban J connectivity index is 0.00000192. The molecule has 1 fully saturated rings. The molecular formula is C15H21ClN4O3. The summed E-state index contributed by atoms with van der Waals surface area (Å²) in [7, 11) is 1.85. The molecule has 3 rings (SSSR count). The molecule has 8 heteroatoms. The number of carbonyl (C=O) groups excluding carboxylic acids is 1. The van der Waals surface area contributed by atoms with Gasteiger partial charge in [-0.3, -0.25) is 9.69 Å². The Morgan fingerprint density at radius 3 is 2.78 bits per heavy atom. The van der Waals surface area contributed by atoms with Crippen molar-refractivity contribution in [3.8, 4) is 0 Å². The number of morpholine rings is 1. The topological polar surface area (TPSA) is 71.7 Å². The fourth-order valence-corrected chi connectivity index (χ4v) is 2.49. The van der Waals surface area contributed by atoms with Gasteiger partial charge in [0.25, 0.3) is 0 Å². The number of nitrogens with zero attached hydrogens (tertiary/aromatic N) is 4. The van der Waals surface area contributed by atoms with Crippen molar-refractivity contribution < 1.29 is 14.2 Å². The number of aromatic nitrogens is 2. The predicted molar refractivity (Wildman–Crippen MR) is 87.7 cm³/mol. The van der Waals surface area contributed by atoms with E-state index >= 15 is 0 Å². The van der Waals surface area contributed by atoms with Crippen molar-refractivity contribution in [1.82, 2.24) is 20.1 Å². The lowest BCUT2D eigenvalue weighted by atomic mass is 10.1. The van der Waals surface area contributed by atoms with Gasteiger partial charge in [-0.25, -0.2) is 4.63 Å². The molecule has 0 saturated carbocycles. The van der Waals surface area contributed by atoms with E-state index in [1.165, 1.54) is 0 Å². The fraction of sp³-hybridized carbons (Fsp3) is 0.533. The molecule has 7 nitrogen and oxygen atoms in total. The van der Waals surface area contributed by atoms with Crippen molar-refractivity contribution in [3.05, 3.63) is 23.8 Å². The van der Waals surface area contributed by atoms with Crippen molar-refractivity contribution in [2.24, 2.45) is 0 Å². The quantitative estimate of drug-likeness (QED) is 0.808. The Morgan fingerprint density at radius 2 is 2.00 bits per heavy atom. The third kappa shape index (κ3) is 4.63. The number of halogens is 1. The highest BCUT2D eigenvalue weighted by molar-refractivity contribution is 5.85. The van der Waals surface area contributed by atoms with Crippen molar-refractivity contribution in [1.29, 1.82) is 0 Å². The van der Waals surface area contributed by atoms with E-state index in [9.17, 15) is 4.79 Å². The Morgan fingerprint density at radius 1 is 1.26 bits per heavy atom. The molecular weight excluding hydrogens is 320 g/mol. The number of rotatable bonds is 5. The van der Waals surface area contributed by atoms with Gasteiger partial charge >= 0.3 is 0 Å². The highest BCUT2D eigenvalue weighted by atomic mass is 35.5. The van der Waals surface area contributed by atoms with Gasteiger partial charge in [0.2, 0.25) is 5.91 Å². The molecule has 2 aromatic rings. The average Bonchev–Trinajstić information content (AvgIpc) is 3.01. The summed E-state index contributed by atoms with van der Waals surface area (Å²) in [5, 5.41) is 7.56. The van der Waals surface area contributed by atoms with E-state index in [0.717, 1.165) is 45.0 Å². The first kappa shape index (κ1) is 17.7. The van der Waals surface area contributed by atoms with Crippen molar-refractivity contribution >= 4 is 29.3 Å². The van der Waals surface area contributed by atoms with Crippen molar-refractivity contribution in [2.75, 3.05) is 46.4 Å². The normalized spacial score (nSPS) is 15.3. The summed E-state index contributed by atoms with van der Waals surface area (Å²) in [4.78, 5) is 16.4. The monoisotopic (exact) mass is 340 g/mol. The van der Waals surface area contributed by atoms with Crippen LogP contribution in [-0.4, -0.2) is 72.5 Å². The molecule has 1 aromatic carbocycles. The number of amides is 1. The average molecular weight is 341 g/mol. The lowest BCUT2D eigenvalue weighted by Crippen LogP contribution is -2.42. The second kappa shape index (κ2) is 8.24. The molecule has 1 amide bonds. The molecule has 23 heavy (non-hydrogen) atoms. The molecule has 0 aliphatic carbocycles. The van der Waals surface area contributed by atoms with E-state index in [0.29, 0.717) is 17.5 Å². The first-order chi connectivity index (χ1) is 10.7. The van der Waals surface area contributed by atoms with Gasteiger partial charge in [0, 0.05) is 33.2 Å². The molecule has 2 heterocycles. The smallest absolute Gasteiger partial charge is 0.226 e. The summed E-state index contributed by atoms with van der Waals surface area (Å²) in [6, 6.07) is 5.56. The minimum Gasteiger partial charge on any atom is -0.379 e. The predicted octanol–water partition coefficient (Wildman–Crippen LogP) is 0.978. The largest absolute Gasteiger partial charge is 0.379 e. The highest BCUT2D eigenvalue weighted by Crippen LogP contribution is 2.12. The van der Waals surface area contributed by atoms with E-state index in [1.54, 1.807) is 4.90 Å². The van der Waals surface area contributed by atoms with Crippen LogP contribution in [0.1, 0.15) is 5.56 Å². The van der Waals surface area contributed by atoms with Crippen LogP contribution in [0.3, 0.4) is 0 Å². The Kier molecular flexibility index (Phi) is 6.32. The van der Waals surface area contributed by atoms with Crippen LogP contribution in [0, 0.1) is 0 Å². The van der Waals surface area contributed by atoms with Crippen LogP contribution in [0.15, 0.2) is 22.8 Å². The van der Waals surface area contributed by atoms with Crippen LogP contribution in [0.4, 0.5) is 0 Å². The summed E-state index contributed by atoms with van der Waals surface area (Å²) in [6.07, 6.45) is 0.364. The third-order valence-electron chi connectivity index (χ3n) is 3.95. The lowest BCUT2D eigenvalue weighted by molar-refractivity contribution is -0.129. The molecule has 1 aliphatic rings. The fourth-order valence-electron chi connectivity index (χ4n) is 2.49. The van der Waals surface area contributed by atoms with Gasteiger partial charge in [0.1, 0.15) is 11.0 Å². The van der Waals surface area contributed by atoms with Gasteiger partial charge in [-0.15, -0.1) is 12.4 Å². The van der Waals surface area contributed by atoms with Crippen LogP contribution >= 0.6 is 12.4 Å². The molecule has 0 atom stereocenters. The van der Waals surface area contributed by atoms with E-state index in [4.69, 9.17) is 4.74 Å². The zero-order chi connectivity index (χ0) is 15.4. The molecule has 0 radical (unpaired) electrons. The number of ether oxygens (including phenoxy) is 1. The third-order valence-corrected chi connectivity index (χ3v) is 3.95. The van der Waals surface area contributed by atoms with Crippen molar-refractivity contribution in [3.63, 3.8) is 0 Å². The van der Waals surface area contributed by atoms with Crippen LogP contribution in [0.25, 0.3) is 11.0 Å². The zero-order valence-corrected chi connectivity index (χ0v) is 13.9. The van der Waals surface area contributed by atoms with Gasteiger partial charge in [-0.2, -0.15) is 0 Å². The number of hydrogen-bond donors (Lipinski definition) is 0. The second-order valence-corrected chi connectivity index (χ2v) is 5.53. The summed E-state index contributed by atoms with van der Waals surface area (Å²) in [5.41, 5.74) is 2.31.